The highest BCUT2D eigenvalue weighted by Gasteiger charge is 2.16. The molecule has 0 saturated carbocycles. The third-order valence-electron chi connectivity index (χ3n) is 4.94. The van der Waals surface area contributed by atoms with Crippen LogP contribution in [0.25, 0.3) is 0 Å². The maximum absolute atomic E-state index is 12.2. The van der Waals surface area contributed by atoms with Crippen LogP contribution >= 0.6 is 11.6 Å². The highest BCUT2D eigenvalue weighted by molar-refractivity contribution is 6.33. The molecule has 2 aromatic carbocycles. The highest BCUT2D eigenvalue weighted by atomic mass is 35.5. The van der Waals surface area contributed by atoms with Crippen molar-refractivity contribution in [3.63, 3.8) is 0 Å². The summed E-state index contributed by atoms with van der Waals surface area (Å²) in [5.74, 6) is -0.0403. The number of halogens is 1. The van der Waals surface area contributed by atoms with Crippen LogP contribution in [0.5, 0.6) is 5.75 Å². The lowest BCUT2D eigenvalue weighted by Crippen LogP contribution is -3.11. The van der Waals surface area contributed by atoms with Gasteiger partial charge in [-0.25, -0.2) is 5.43 Å². The zero-order valence-electron chi connectivity index (χ0n) is 15.5. The zero-order valence-corrected chi connectivity index (χ0v) is 16.2. The smallest absolute Gasteiger partial charge is 0.272 e. The van der Waals surface area contributed by atoms with E-state index in [4.69, 9.17) is 11.6 Å². The van der Waals surface area contributed by atoms with Crippen LogP contribution in [0.3, 0.4) is 0 Å². The Balaban J connectivity index is 1.71. The number of benzene rings is 2. The van der Waals surface area contributed by atoms with Crippen molar-refractivity contribution < 1.29 is 14.8 Å². The molecule has 1 aliphatic heterocycles. The number of phenols is 1. The van der Waals surface area contributed by atoms with E-state index >= 15 is 0 Å². The van der Waals surface area contributed by atoms with Crippen molar-refractivity contribution in [2.75, 3.05) is 13.1 Å². The molecular weight excluding hydrogens is 362 g/mol. The summed E-state index contributed by atoms with van der Waals surface area (Å²) in [5, 5.41) is 14.8. The Labute approximate surface area is 164 Å². The second-order valence-electron chi connectivity index (χ2n) is 6.95. The molecule has 0 bridgehead atoms. The second kappa shape index (κ2) is 9.02. The van der Waals surface area contributed by atoms with Crippen LogP contribution in [-0.4, -0.2) is 29.8 Å². The molecule has 1 aliphatic rings. The molecule has 0 aliphatic carbocycles. The molecule has 5 nitrogen and oxygen atoms in total. The molecule has 6 heteroatoms. The summed E-state index contributed by atoms with van der Waals surface area (Å²) in [6.45, 7) is 4.92. The standard InChI is InChI=1S/C21H24ClN3O2/c1-15(23-24-21(27)18-7-3-4-8-19(18)22)16-9-10-20(26)17(13-16)14-25-11-5-2-6-12-25/h3-4,7-10,13,26H,2,5-6,11-12,14H2,1H3,(H,24,27)/p+1/b23-15+. The van der Waals surface area contributed by atoms with Gasteiger partial charge in [0.15, 0.2) is 0 Å². The summed E-state index contributed by atoms with van der Waals surface area (Å²) in [6, 6.07) is 12.3. The fraction of sp³-hybridized carbons (Fsp3) is 0.333. The summed E-state index contributed by atoms with van der Waals surface area (Å²) in [6.07, 6.45) is 3.78. The predicted molar refractivity (Wildman–Crippen MR) is 107 cm³/mol. The van der Waals surface area contributed by atoms with E-state index < -0.39 is 0 Å². The van der Waals surface area contributed by atoms with Crippen molar-refractivity contribution in [3.8, 4) is 5.75 Å². The number of amides is 1. The molecular formula is C21H25ClN3O2+. The van der Waals surface area contributed by atoms with Crippen LogP contribution in [-0.2, 0) is 6.54 Å². The molecule has 2 aromatic rings. The number of hydrogen-bond donors (Lipinski definition) is 3. The van der Waals surface area contributed by atoms with E-state index in [1.54, 1.807) is 30.3 Å². The molecule has 1 amide bonds. The molecule has 0 unspecified atom stereocenters. The third-order valence-corrected chi connectivity index (χ3v) is 5.27. The van der Waals surface area contributed by atoms with Gasteiger partial charge in [0, 0.05) is 5.56 Å². The molecule has 0 radical (unpaired) electrons. The average molecular weight is 387 g/mol. The third kappa shape index (κ3) is 5.08. The number of hydrogen-bond acceptors (Lipinski definition) is 3. The molecule has 27 heavy (non-hydrogen) atoms. The van der Waals surface area contributed by atoms with Gasteiger partial charge in [-0.2, -0.15) is 5.10 Å². The fourth-order valence-corrected chi connectivity index (χ4v) is 3.58. The Hall–Kier alpha value is -2.37. The number of piperidine rings is 1. The molecule has 0 aromatic heterocycles. The minimum Gasteiger partial charge on any atom is -0.507 e. The van der Waals surface area contributed by atoms with Gasteiger partial charge >= 0.3 is 0 Å². The van der Waals surface area contributed by atoms with E-state index in [0.717, 1.165) is 30.8 Å². The number of nitrogens with zero attached hydrogens (tertiary/aromatic N) is 1. The van der Waals surface area contributed by atoms with Gasteiger partial charge < -0.3 is 10.0 Å². The van der Waals surface area contributed by atoms with Crippen LogP contribution in [0.15, 0.2) is 47.6 Å². The SMILES string of the molecule is C/C(=N\NC(=O)c1ccccc1Cl)c1ccc(O)c(C[NH+]2CCCCC2)c1. The second-order valence-corrected chi connectivity index (χ2v) is 7.36. The van der Waals surface area contributed by atoms with Crippen LogP contribution in [0, 0.1) is 0 Å². The molecule has 3 rings (SSSR count). The van der Waals surface area contributed by atoms with Crippen molar-refractivity contribution in [1.29, 1.82) is 0 Å². The summed E-state index contributed by atoms with van der Waals surface area (Å²) >= 11 is 6.04. The molecule has 0 atom stereocenters. The maximum Gasteiger partial charge on any atom is 0.272 e. The number of carbonyl (C=O) groups is 1. The number of aromatic hydroxyl groups is 1. The van der Waals surface area contributed by atoms with E-state index in [0.29, 0.717) is 22.0 Å². The molecule has 142 valence electrons. The predicted octanol–water partition coefficient (Wildman–Crippen LogP) is 2.77. The van der Waals surface area contributed by atoms with Gasteiger partial charge in [-0.3, -0.25) is 4.79 Å². The van der Waals surface area contributed by atoms with Crippen molar-refractivity contribution in [3.05, 3.63) is 64.2 Å². The summed E-state index contributed by atoms with van der Waals surface area (Å²) in [4.78, 5) is 13.7. The number of hydrazone groups is 1. The molecule has 0 spiro atoms. The molecule has 1 fully saturated rings. The number of nitrogens with one attached hydrogen (secondary N) is 2. The number of rotatable bonds is 5. The quantitative estimate of drug-likeness (QED) is 0.546. The van der Waals surface area contributed by atoms with Gasteiger partial charge in [0.05, 0.1) is 29.4 Å². The van der Waals surface area contributed by atoms with Gasteiger partial charge in [0.1, 0.15) is 12.3 Å². The average Bonchev–Trinajstić information content (AvgIpc) is 2.68. The summed E-state index contributed by atoms with van der Waals surface area (Å²) < 4.78 is 0. The lowest BCUT2D eigenvalue weighted by molar-refractivity contribution is -0.918. The van der Waals surface area contributed by atoms with Crippen LogP contribution in [0.2, 0.25) is 5.02 Å². The molecule has 3 N–H and O–H groups in total. The van der Waals surface area contributed by atoms with E-state index in [9.17, 15) is 9.90 Å². The normalized spacial score (nSPS) is 15.6. The lowest BCUT2D eigenvalue weighted by Gasteiger charge is -2.24. The molecule has 1 heterocycles. The Bertz CT molecular complexity index is 845. The first-order valence-corrected chi connectivity index (χ1v) is 9.67. The van der Waals surface area contributed by atoms with E-state index in [1.165, 1.54) is 24.2 Å². The van der Waals surface area contributed by atoms with Crippen molar-refractivity contribution in [2.45, 2.75) is 32.7 Å². The van der Waals surface area contributed by atoms with Gasteiger partial charge in [-0.05, 0) is 62.1 Å². The molecule has 1 saturated heterocycles. The van der Waals surface area contributed by atoms with E-state index in [2.05, 4.69) is 10.5 Å². The van der Waals surface area contributed by atoms with Gasteiger partial charge in [0.25, 0.3) is 5.91 Å². The largest absolute Gasteiger partial charge is 0.507 e. The first kappa shape index (κ1) is 19.4. The zero-order chi connectivity index (χ0) is 19.2. The van der Waals surface area contributed by atoms with Crippen LogP contribution in [0.1, 0.15) is 47.7 Å². The van der Waals surface area contributed by atoms with Crippen molar-refractivity contribution in [1.82, 2.24) is 5.43 Å². The number of likely N-dealkylation sites (tertiary alicyclic amines) is 1. The summed E-state index contributed by atoms with van der Waals surface area (Å²) in [7, 11) is 0. The lowest BCUT2D eigenvalue weighted by atomic mass is 10.0. The topological polar surface area (TPSA) is 66.1 Å². The Morgan fingerprint density at radius 2 is 1.93 bits per heavy atom. The van der Waals surface area contributed by atoms with Crippen molar-refractivity contribution >= 4 is 23.2 Å². The number of phenolic OH excluding ortho intramolecular Hbond substituents is 1. The maximum atomic E-state index is 12.2. The van der Waals surface area contributed by atoms with E-state index in [1.807, 2.05) is 19.1 Å². The first-order chi connectivity index (χ1) is 13.0. The Morgan fingerprint density at radius 3 is 2.67 bits per heavy atom. The van der Waals surface area contributed by atoms with Crippen molar-refractivity contribution in [2.24, 2.45) is 5.10 Å². The fourth-order valence-electron chi connectivity index (χ4n) is 3.35. The van der Waals surface area contributed by atoms with E-state index in [-0.39, 0.29) is 5.91 Å². The van der Waals surface area contributed by atoms with Gasteiger partial charge in [0.2, 0.25) is 0 Å². The minimum atomic E-state index is -0.350. The Morgan fingerprint density at radius 1 is 1.19 bits per heavy atom. The van der Waals surface area contributed by atoms with Crippen LogP contribution in [0.4, 0.5) is 0 Å². The minimum absolute atomic E-state index is 0.310. The summed E-state index contributed by atoms with van der Waals surface area (Å²) in [5.41, 5.74) is 5.39. The monoisotopic (exact) mass is 386 g/mol. The van der Waals surface area contributed by atoms with Gasteiger partial charge in [-0.1, -0.05) is 23.7 Å². The number of quaternary nitrogens is 1. The highest BCUT2D eigenvalue weighted by Crippen LogP contribution is 2.19. The van der Waals surface area contributed by atoms with Gasteiger partial charge in [-0.15, -0.1) is 0 Å². The Kier molecular flexibility index (Phi) is 6.48. The number of carbonyl (C=O) groups excluding carboxylic acids is 1. The first-order valence-electron chi connectivity index (χ1n) is 9.29. The van der Waals surface area contributed by atoms with Crippen LogP contribution < -0.4 is 10.3 Å².